The first-order valence-corrected chi connectivity index (χ1v) is 10.3. The minimum atomic E-state index is -4.87. The number of methoxy groups -OCH3 is 1. The Morgan fingerprint density at radius 2 is 1.91 bits per heavy atom. The number of rotatable bonds is 9. The number of amides is 1. The lowest BCUT2D eigenvalue weighted by Crippen LogP contribution is -2.26. The van der Waals surface area contributed by atoms with Gasteiger partial charge in [0.05, 0.1) is 31.7 Å². The Bertz CT molecular complexity index is 1270. The molecule has 4 rings (SSSR count). The smallest absolute Gasteiger partial charge is 0.434 e. The van der Waals surface area contributed by atoms with Crippen molar-refractivity contribution in [2.24, 2.45) is 0 Å². The van der Waals surface area contributed by atoms with E-state index in [9.17, 15) is 18.0 Å². The summed E-state index contributed by atoms with van der Waals surface area (Å²) in [7, 11) is 1.35. The summed E-state index contributed by atoms with van der Waals surface area (Å²) in [6, 6.07) is 13.3. The van der Waals surface area contributed by atoms with Gasteiger partial charge in [-0.05, 0) is 29.3 Å². The molecule has 0 saturated carbocycles. The van der Waals surface area contributed by atoms with Crippen molar-refractivity contribution in [2.75, 3.05) is 7.11 Å². The number of nitrogens with zero attached hydrogens (tertiary/aromatic N) is 4. The van der Waals surface area contributed by atoms with E-state index in [1.807, 2.05) is 6.07 Å². The van der Waals surface area contributed by atoms with E-state index in [0.29, 0.717) is 29.2 Å². The summed E-state index contributed by atoms with van der Waals surface area (Å²) in [6.45, 7) is 0.614. The summed E-state index contributed by atoms with van der Waals surface area (Å²) in [5, 5.41) is 13.6. The molecule has 0 atom stereocenters. The Hall–Kier alpha value is -4.19. The third-order valence-electron chi connectivity index (χ3n) is 4.87. The number of hydrogen-bond donors (Lipinski definition) is 1. The van der Waals surface area contributed by atoms with Crippen LogP contribution in [0.25, 0.3) is 5.82 Å². The number of carbonyl (C=O) groups excluding carboxylic acids is 1. The molecule has 4 aromatic rings. The van der Waals surface area contributed by atoms with Crippen molar-refractivity contribution in [3.05, 3.63) is 89.1 Å². The summed E-state index contributed by atoms with van der Waals surface area (Å²) in [5.41, 5.74) is -0.354. The molecule has 0 aliphatic carbocycles. The largest absolute Gasteiger partial charge is 0.480 e. The van der Waals surface area contributed by atoms with Crippen molar-refractivity contribution in [1.29, 1.82) is 0 Å². The molecule has 1 aromatic carbocycles. The monoisotopic (exact) mass is 487 g/mol. The third-order valence-corrected chi connectivity index (χ3v) is 4.87. The lowest BCUT2D eigenvalue weighted by Gasteiger charge is -2.12. The van der Waals surface area contributed by atoms with E-state index < -0.39 is 23.3 Å². The van der Waals surface area contributed by atoms with Crippen molar-refractivity contribution >= 4 is 5.91 Å². The predicted octanol–water partition coefficient (Wildman–Crippen LogP) is 3.93. The average Bonchev–Trinajstić information content (AvgIpc) is 3.53. The molecule has 0 aliphatic heterocycles. The van der Waals surface area contributed by atoms with Crippen LogP contribution in [0.5, 0.6) is 5.88 Å². The van der Waals surface area contributed by atoms with Crippen LogP contribution in [0.3, 0.4) is 0 Å². The number of benzene rings is 1. The molecule has 35 heavy (non-hydrogen) atoms. The molecule has 1 amide bonds. The van der Waals surface area contributed by atoms with Crippen LogP contribution in [0.2, 0.25) is 0 Å². The van der Waals surface area contributed by atoms with Crippen LogP contribution < -0.4 is 10.1 Å². The number of hydrogen-bond acceptors (Lipinski definition) is 7. The van der Waals surface area contributed by atoms with Gasteiger partial charge >= 0.3 is 6.18 Å². The molecular weight excluding hydrogens is 467 g/mol. The van der Waals surface area contributed by atoms with Gasteiger partial charge in [0.15, 0.2) is 11.5 Å². The van der Waals surface area contributed by atoms with E-state index in [1.54, 1.807) is 36.6 Å². The van der Waals surface area contributed by atoms with Crippen LogP contribution in [0.15, 0.2) is 65.4 Å². The number of furan rings is 1. The standard InChI is InChI=1S/C23H20F3N5O4/c1-33-20-8-7-19(29-30-20)31-21(23(24,25)26)18(12-28-31)22(32)27-11-15-4-2-5-16(10-15)13-34-14-17-6-3-9-35-17/h2-10,12H,11,13-14H2,1H3,(H,27,32). The van der Waals surface area contributed by atoms with Gasteiger partial charge in [-0.1, -0.05) is 24.3 Å². The number of ether oxygens (including phenoxy) is 2. The van der Waals surface area contributed by atoms with Gasteiger partial charge in [-0.2, -0.15) is 18.3 Å². The van der Waals surface area contributed by atoms with Crippen LogP contribution in [0, 0.1) is 0 Å². The minimum absolute atomic E-state index is 0.00960. The zero-order chi connectivity index (χ0) is 24.8. The zero-order valence-corrected chi connectivity index (χ0v) is 18.5. The molecule has 0 radical (unpaired) electrons. The number of alkyl halides is 3. The first kappa shape index (κ1) is 24.0. The van der Waals surface area contributed by atoms with E-state index in [0.717, 1.165) is 11.8 Å². The van der Waals surface area contributed by atoms with Crippen LogP contribution in [-0.2, 0) is 30.7 Å². The molecule has 0 bridgehead atoms. The molecule has 0 spiro atoms. The Kier molecular flexibility index (Phi) is 7.11. The van der Waals surface area contributed by atoms with E-state index >= 15 is 0 Å². The van der Waals surface area contributed by atoms with Gasteiger partial charge < -0.3 is 19.2 Å². The number of carbonyl (C=O) groups is 1. The molecular formula is C23H20F3N5O4. The lowest BCUT2D eigenvalue weighted by atomic mass is 10.1. The Morgan fingerprint density at radius 1 is 1.09 bits per heavy atom. The predicted molar refractivity (Wildman–Crippen MR) is 116 cm³/mol. The van der Waals surface area contributed by atoms with Crippen molar-refractivity contribution in [3.63, 3.8) is 0 Å². The summed E-state index contributed by atoms with van der Waals surface area (Å²) < 4.78 is 57.7. The fourth-order valence-corrected chi connectivity index (χ4v) is 3.27. The summed E-state index contributed by atoms with van der Waals surface area (Å²) in [6.07, 6.45) is -2.46. The second-order valence-electron chi connectivity index (χ2n) is 7.33. The van der Waals surface area contributed by atoms with Crippen LogP contribution in [0.1, 0.15) is 32.9 Å². The number of aromatic nitrogens is 4. The van der Waals surface area contributed by atoms with Crippen molar-refractivity contribution < 1.29 is 31.9 Å². The van der Waals surface area contributed by atoms with Crippen molar-refractivity contribution in [1.82, 2.24) is 25.3 Å². The van der Waals surface area contributed by atoms with E-state index in [2.05, 4.69) is 20.6 Å². The fourth-order valence-electron chi connectivity index (χ4n) is 3.27. The summed E-state index contributed by atoms with van der Waals surface area (Å²) in [5.74, 6) is -0.319. The maximum atomic E-state index is 13.8. The zero-order valence-electron chi connectivity index (χ0n) is 18.5. The highest BCUT2D eigenvalue weighted by atomic mass is 19.4. The number of halogens is 3. The molecule has 0 aliphatic rings. The molecule has 12 heteroatoms. The normalized spacial score (nSPS) is 11.4. The van der Waals surface area contributed by atoms with Gasteiger partial charge in [-0.25, -0.2) is 4.68 Å². The maximum Gasteiger partial charge on any atom is 0.434 e. The molecule has 182 valence electrons. The van der Waals surface area contributed by atoms with Crippen LogP contribution in [-0.4, -0.2) is 33.0 Å². The van der Waals surface area contributed by atoms with Gasteiger partial charge in [-0.15, -0.1) is 10.2 Å². The number of nitrogens with one attached hydrogen (secondary N) is 1. The van der Waals surface area contributed by atoms with Crippen LogP contribution in [0.4, 0.5) is 13.2 Å². The highest BCUT2D eigenvalue weighted by Gasteiger charge is 2.41. The Labute approximate surface area is 197 Å². The van der Waals surface area contributed by atoms with E-state index in [-0.39, 0.29) is 18.2 Å². The van der Waals surface area contributed by atoms with Gasteiger partial charge in [0, 0.05) is 12.6 Å². The SMILES string of the molecule is COc1ccc(-n2ncc(C(=O)NCc3cccc(COCc4ccco4)c3)c2C(F)(F)F)nn1. The molecule has 1 N–H and O–H groups in total. The quantitative estimate of drug-likeness (QED) is 0.382. The summed E-state index contributed by atoms with van der Waals surface area (Å²) in [4.78, 5) is 12.7. The second kappa shape index (κ2) is 10.4. The van der Waals surface area contributed by atoms with Crippen molar-refractivity contribution in [2.45, 2.75) is 25.9 Å². The Balaban J connectivity index is 1.44. The van der Waals surface area contributed by atoms with Gasteiger partial charge in [-0.3, -0.25) is 4.79 Å². The molecule has 0 unspecified atom stereocenters. The van der Waals surface area contributed by atoms with Gasteiger partial charge in [0.2, 0.25) is 5.88 Å². The lowest BCUT2D eigenvalue weighted by molar-refractivity contribution is -0.143. The molecule has 3 aromatic heterocycles. The molecule has 9 nitrogen and oxygen atoms in total. The summed E-state index contributed by atoms with van der Waals surface area (Å²) >= 11 is 0. The highest BCUT2D eigenvalue weighted by molar-refractivity contribution is 5.95. The van der Waals surface area contributed by atoms with Crippen LogP contribution >= 0.6 is 0 Å². The third kappa shape index (κ3) is 5.84. The molecule has 0 fully saturated rings. The van der Waals surface area contributed by atoms with Gasteiger partial charge in [0.1, 0.15) is 12.4 Å². The Morgan fingerprint density at radius 3 is 2.60 bits per heavy atom. The topological polar surface area (TPSA) is 104 Å². The molecule has 3 heterocycles. The van der Waals surface area contributed by atoms with E-state index in [1.165, 1.54) is 19.2 Å². The fraction of sp³-hybridized carbons (Fsp3) is 0.217. The van der Waals surface area contributed by atoms with E-state index in [4.69, 9.17) is 13.9 Å². The second-order valence-corrected chi connectivity index (χ2v) is 7.33. The first-order valence-electron chi connectivity index (χ1n) is 10.3. The maximum absolute atomic E-state index is 13.8. The molecule has 0 saturated heterocycles. The first-order chi connectivity index (χ1) is 16.8. The van der Waals surface area contributed by atoms with Crippen molar-refractivity contribution in [3.8, 4) is 11.7 Å². The average molecular weight is 487 g/mol. The minimum Gasteiger partial charge on any atom is -0.480 e. The van der Waals surface area contributed by atoms with Gasteiger partial charge in [0.25, 0.3) is 5.91 Å². The highest BCUT2D eigenvalue weighted by Crippen LogP contribution is 2.33.